The number of hydrogen-bond donors (Lipinski definition) is 2. The summed E-state index contributed by atoms with van der Waals surface area (Å²) in [6.07, 6.45) is 1.97. The van der Waals surface area contributed by atoms with E-state index >= 15 is 0 Å². The van der Waals surface area contributed by atoms with Gasteiger partial charge in [-0.05, 0) is 27.2 Å². The third-order valence-electron chi connectivity index (χ3n) is 3.89. The second kappa shape index (κ2) is 6.88. The summed E-state index contributed by atoms with van der Waals surface area (Å²) in [5.41, 5.74) is 1.09. The highest BCUT2D eigenvalue weighted by molar-refractivity contribution is 5.57. The van der Waals surface area contributed by atoms with Crippen LogP contribution in [0.4, 0.5) is 11.6 Å². The molecule has 1 aliphatic rings. The smallest absolute Gasteiger partial charge is 0.134 e. The Bertz CT molecular complexity index is 444. The number of nitrogens with zero attached hydrogens (tertiary/aromatic N) is 2. The summed E-state index contributed by atoms with van der Waals surface area (Å²) in [6, 6.07) is 0.366. The predicted octanol–water partition coefficient (Wildman–Crippen LogP) is 2.62. The molecule has 0 spiro atoms. The lowest BCUT2D eigenvalue weighted by atomic mass is 10.0. The van der Waals surface area contributed by atoms with Gasteiger partial charge in [0.05, 0.1) is 6.61 Å². The quantitative estimate of drug-likeness (QED) is 0.837. The van der Waals surface area contributed by atoms with Gasteiger partial charge in [0.1, 0.15) is 17.5 Å². The average Bonchev–Trinajstić information content (AvgIpc) is 2.97. The van der Waals surface area contributed by atoms with E-state index in [4.69, 9.17) is 4.74 Å². The third kappa shape index (κ3) is 3.39. The second-order valence-electron chi connectivity index (χ2n) is 5.40. The first kappa shape index (κ1) is 15.0. The molecule has 2 atom stereocenters. The van der Waals surface area contributed by atoms with Gasteiger partial charge in [-0.15, -0.1) is 0 Å². The second-order valence-corrected chi connectivity index (χ2v) is 5.40. The van der Waals surface area contributed by atoms with Crippen LogP contribution in [0.5, 0.6) is 0 Å². The molecule has 0 amide bonds. The summed E-state index contributed by atoms with van der Waals surface area (Å²) in [7, 11) is 0. The van der Waals surface area contributed by atoms with Gasteiger partial charge in [0.25, 0.3) is 0 Å². The Labute approximate surface area is 121 Å². The lowest BCUT2D eigenvalue weighted by Gasteiger charge is -2.22. The van der Waals surface area contributed by atoms with Gasteiger partial charge in [-0.3, -0.25) is 0 Å². The number of anilines is 2. The van der Waals surface area contributed by atoms with Gasteiger partial charge >= 0.3 is 0 Å². The molecule has 2 heterocycles. The van der Waals surface area contributed by atoms with E-state index in [0.29, 0.717) is 12.0 Å². The maximum Gasteiger partial charge on any atom is 0.134 e. The summed E-state index contributed by atoms with van der Waals surface area (Å²) in [6.45, 7) is 11.0. The molecule has 0 saturated carbocycles. The van der Waals surface area contributed by atoms with E-state index in [1.165, 1.54) is 0 Å². The van der Waals surface area contributed by atoms with Crippen LogP contribution in [0.3, 0.4) is 0 Å². The van der Waals surface area contributed by atoms with Gasteiger partial charge in [-0.1, -0.05) is 6.92 Å². The van der Waals surface area contributed by atoms with Crippen molar-refractivity contribution in [2.75, 3.05) is 30.4 Å². The Morgan fingerprint density at radius 1 is 1.30 bits per heavy atom. The molecular formula is C15H26N4O. The fourth-order valence-electron chi connectivity index (χ4n) is 2.48. The van der Waals surface area contributed by atoms with E-state index in [1.807, 2.05) is 0 Å². The number of rotatable bonds is 6. The van der Waals surface area contributed by atoms with Crippen LogP contribution in [0.25, 0.3) is 0 Å². The Balaban J connectivity index is 2.18. The average molecular weight is 278 g/mol. The van der Waals surface area contributed by atoms with Crippen molar-refractivity contribution < 1.29 is 4.74 Å². The van der Waals surface area contributed by atoms with Crippen molar-refractivity contribution in [1.82, 2.24) is 9.97 Å². The minimum absolute atomic E-state index is 0.366. The van der Waals surface area contributed by atoms with Crippen LogP contribution in [0.1, 0.15) is 38.6 Å². The third-order valence-corrected chi connectivity index (χ3v) is 3.89. The number of hydrogen-bond acceptors (Lipinski definition) is 5. The van der Waals surface area contributed by atoms with E-state index in [2.05, 4.69) is 48.3 Å². The zero-order valence-electron chi connectivity index (χ0n) is 13.0. The molecule has 2 rings (SSSR count). The van der Waals surface area contributed by atoms with Gasteiger partial charge in [0, 0.05) is 37.1 Å². The largest absolute Gasteiger partial charge is 0.381 e. The summed E-state index contributed by atoms with van der Waals surface area (Å²) in [5, 5.41) is 6.87. The molecule has 0 bridgehead atoms. The molecule has 1 aromatic rings. The minimum atomic E-state index is 0.366. The van der Waals surface area contributed by atoms with Crippen molar-refractivity contribution in [3.8, 4) is 0 Å². The highest BCUT2D eigenvalue weighted by Crippen LogP contribution is 2.24. The first-order valence-corrected chi connectivity index (χ1v) is 7.61. The van der Waals surface area contributed by atoms with Gasteiger partial charge in [-0.2, -0.15) is 0 Å². The zero-order valence-corrected chi connectivity index (χ0v) is 13.0. The fraction of sp³-hybridized carbons (Fsp3) is 0.733. The van der Waals surface area contributed by atoms with E-state index in [0.717, 1.165) is 55.6 Å². The van der Waals surface area contributed by atoms with Crippen molar-refractivity contribution in [2.45, 2.75) is 46.6 Å². The van der Waals surface area contributed by atoms with Crippen molar-refractivity contribution in [3.63, 3.8) is 0 Å². The van der Waals surface area contributed by atoms with E-state index < -0.39 is 0 Å². The molecule has 112 valence electrons. The molecule has 2 N–H and O–H groups in total. The van der Waals surface area contributed by atoms with Crippen LogP contribution in [0.15, 0.2) is 0 Å². The van der Waals surface area contributed by atoms with Crippen molar-refractivity contribution >= 4 is 11.6 Å². The molecule has 0 radical (unpaired) electrons. The van der Waals surface area contributed by atoms with Gasteiger partial charge in [0.2, 0.25) is 0 Å². The normalized spacial score (nSPS) is 19.9. The molecule has 5 heteroatoms. The summed E-state index contributed by atoms with van der Waals surface area (Å²) in [4.78, 5) is 9.20. The van der Waals surface area contributed by atoms with Crippen LogP contribution in [-0.2, 0) is 11.2 Å². The molecule has 20 heavy (non-hydrogen) atoms. The van der Waals surface area contributed by atoms with Crippen LogP contribution < -0.4 is 10.6 Å². The predicted molar refractivity (Wildman–Crippen MR) is 82.3 cm³/mol. The Hall–Kier alpha value is -1.36. The van der Waals surface area contributed by atoms with Crippen molar-refractivity contribution in [3.05, 3.63) is 11.4 Å². The Kier molecular flexibility index (Phi) is 5.17. The standard InChI is InChI=1S/C15H26N4O/c1-5-13-18-14(16-6-2)10(3)15(19-13)17-11(4)12-7-8-20-9-12/h11-12H,5-9H2,1-4H3,(H2,16,17,18,19). The highest BCUT2D eigenvalue weighted by Gasteiger charge is 2.23. The molecule has 5 nitrogen and oxygen atoms in total. The number of aromatic nitrogens is 2. The molecular weight excluding hydrogens is 252 g/mol. The van der Waals surface area contributed by atoms with Crippen LogP contribution in [-0.4, -0.2) is 35.8 Å². The molecule has 2 unspecified atom stereocenters. The number of ether oxygens (including phenoxy) is 1. The molecule has 1 aliphatic heterocycles. The number of aryl methyl sites for hydroxylation is 1. The number of nitrogens with one attached hydrogen (secondary N) is 2. The Morgan fingerprint density at radius 2 is 2.05 bits per heavy atom. The maximum atomic E-state index is 5.47. The van der Waals surface area contributed by atoms with Crippen molar-refractivity contribution in [2.24, 2.45) is 5.92 Å². The van der Waals surface area contributed by atoms with Crippen LogP contribution in [0, 0.1) is 12.8 Å². The summed E-state index contributed by atoms with van der Waals surface area (Å²) < 4.78 is 5.47. The van der Waals surface area contributed by atoms with E-state index in [9.17, 15) is 0 Å². The summed E-state index contributed by atoms with van der Waals surface area (Å²) >= 11 is 0. The van der Waals surface area contributed by atoms with Gasteiger partial charge in [-0.25, -0.2) is 9.97 Å². The maximum absolute atomic E-state index is 5.47. The first-order chi connectivity index (χ1) is 9.65. The van der Waals surface area contributed by atoms with Crippen molar-refractivity contribution in [1.29, 1.82) is 0 Å². The van der Waals surface area contributed by atoms with Crippen LogP contribution >= 0.6 is 0 Å². The summed E-state index contributed by atoms with van der Waals surface area (Å²) in [5.74, 6) is 3.34. The monoisotopic (exact) mass is 278 g/mol. The van der Waals surface area contributed by atoms with Gasteiger partial charge in [0.15, 0.2) is 0 Å². The Morgan fingerprint density at radius 3 is 2.65 bits per heavy atom. The molecule has 0 aromatic carbocycles. The van der Waals surface area contributed by atoms with Crippen LogP contribution in [0.2, 0.25) is 0 Å². The molecule has 0 aliphatic carbocycles. The molecule has 1 aromatic heterocycles. The fourth-order valence-corrected chi connectivity index (χ4v) is 2.48. The SMILES string of the molecule is CCNc1nc(CC)nc(NC(C)C2CCOC2)c1C. The molecule has 1 fully saturated rings. The lowest BCUT2D eigenvalue weighted by molar-refractivity contribution is 0.183. The van der Waals surface area contributed by atoms with E-state index in [-0.39, 0.29) is 0 Å². The highest BCUT2D eigenvalue weighted by atomic mass is 16.5. The first-order valence-electron chi connectivity index (χ1n) is 7.61. The van der Waals surface area contributed by atoms with Gasteiger partial charge < -0.3 is 15.4 Å². The minimum Gasteiger partial charge on any atom is -0.381 e. The zero-order chi connectivity index (χ0) is 14.5. The lowest BCUT2D eigenvalue weighted by Crippen LogP contribution is -2.27. The molecule has 1 saturated heterocycles. The topological polar surface area (TPSA) is 59.1 Å². The van der Waals surface area contributed by atoms with E-state index in [1.54, 1.807) is 0 Å².